The van der Waals surface area contributed by atoms with Crippen LogP contribution in [0.4, 0.5) is 0 Å². The van der Waals surface area contributed by atoms with Crippen molar-refractivity contribution in [1.29, 1.82) is 0 Å². The average molecular weight is 222 g/mol. The molecule has 0 N–H and O–H groups in total. The molecule has 0 amide bonds. The largest absolute Gasteiger partial charge is 0.142 e. The van der Waals surface area contributed by atoms with Crippen molar-refractivity contribution in [3.05, 3.63) is 0 Å². The molecule has 1 rings (SSSR count). The van der Waals surface area contributed by atoms with E-state index >= 15 is 0 Å². The van der Waals surface area contributed by atoms with Crippen molar-refractivity contribution in [2.24, 2.45) is 17.8 Å². The Kier molecular flexibility index (Phi) is 5.40. The Morgan fingerprint density at radius 2 is 1.75 bits per heavy atom. The van der Waals surface area contributed by atoms with Crippen LogP contribution in [-0.2, 0) is 0 Å². The third-order valence-corrected chi connectivity index (χ3v) is 5.05. The molecule has 0 saturated carbocycles. The molecule has 0 spiro atoms. The average Bonchev–Trinajstić information content (AvgIpc) is 2.87. The quantitative estimate of drug-likeness (QED) is 0.508. The monoisotopic (exact) mass is 222 g/mol. The minimum absolute atomic E-state index is 0.875. The van der Waals surface area contributed by atoms with Crippen LogP contribution < -0.4 is 0 Å². The predicted molar refractivity (Wildman–Crippen MR) is 76.4 cm³/mol. The van der Waals surface area contributed by atoms with Crippen molar-refractivity contribution in [3.63, 3.8) is 0 Å². The van der Waals surface area contributed by atoms with Gasteiger partial charge in [-0.25, -0.2) is 0 Å². The van der Waals surface area contributed by atoms with E-state index in [9.17, 15) is 0 Å². The Morgan fingerprint density at radius 3 is 2.06 bits per heavy atom. The van der Waals surface area contributed by atoms with Crippen molar-refractivity contribution in [1.82, 2.24) is 0 Å². The Labute approximate surface area is 104 Å². The fourth-order valence-corrected chi connectivity index (χ4v) is 4.20. The van der Waals surface area contributed by atoms with Crippen LogP contribution in [0.2, 0.25) is 18.5 Å². The van der Waals surface area contributed by atoms with Gasteiger partial charge in [0, 0.05) is 0 Å². The molecule has 0 aliphatic carbocycles. The molecule has 4 atom stereocenters. The maximum absolute atomic E-state index is 2.48. The lowest BCUT2D eigenvalue weighted by atomic mass is 9.62. The molecular weight excluding hydrogens is 191 g/mol. The van der Waals surface area contributed by atoms with Crippen LogP contribution in [0.5, 0.6) is 0 Å². The van der Waals surface area contributed by atoms with Crippen molar-refractivity contribution >= 4 is 6.71 Å². The van der Waals surface area contributed by atoms with Crippen molar-refractivity contribution < 1.29 is 0 Å². The summed E-state index contributed by atoms with van der Waals surface area (Å²) in [5.41, 5.74) is 0. The van der Waals surface area contributed by atoms with E-state index in [2.05, 4.69) is 41.4 Å². The Hall–Kier alpha value is 0.0649. The van der Waals surface area contributed by atoms with Gasteiger partial charge in [-0.3, -0.25) is 0 Å². The lowest BCUT2D eigenvalue weighted by Crippen LogP contribution is -2.21. The molecule has 1 saturated heterocycles. The van der Waals surface area contributed by atoms with Crippen LogP contribution in [0.15, 0.2) is 0 Å². The van der Waals surface area contributed by atoms with Crippen LogP contribution in [0.25, 0.3) is 0 Å². The highest BCUT2D eigenvalue weighted by molar-refractivity contribution is 6.72. The molecule has 0 nitrogen and oxygen atoms in total. The minimum atomic E-state index is 0.875. The van der Waals surface area contributed by atoms with Gasteiger partial charge in [-0.15, -0.1) is 0 Å². The van der Waals surface area contributed by atoms with E-state index in [0.717, 1.165) is 36.1 Å². The normalized spacial score (nSPS) is 28.3. The van der Waals surface area contributed by atoms with E-state index in [4.69, 9.17) is 0 Å². The van der Waals surface area contributed by atoms with E-state index in [1.54, 1.807) is 0 Å². The second kappa shape index (κ2) is 6.12. The SMILES string of the molecule is CCCC(CC)C(C(C)C)C1B(C)C1CC. The first-order valence-electron chi connectivity index (χ1n) is 7.58. The standard InChI is InChI=1S/C15H31B/c1-7-10-12(8-2)14(11(4)5)15-13(9-3)16(15)6/h11-15H,7-10H2,1-6H3. The molecule has 1 heterocycles. The van der Waals surface area contributed by atoms with E-state index in [0.29, 0.717) is 0 Å². The van der Waals surface area contributed by atoms with E-state index in [1.165, 1.54) is 25.7 Å². The van der Waals surface area contributed by atoms with Crippen molar-refractivity contribution in [2.75, 3.05) is 0 Å². The zero-order chi connectivity index (χ0) is 12.3. The summed E-state index contributed by atoms with van der Waals surface area (Å²) in [6, 6.07) is 0. The Bertz CT molecular complexity index is 198. The molecule has 0 bridgehead atoms. The van der Waals surface area contributed by atoms with Gasteiger partial charge in [-0.1, -0.05) is 78.8 Å². The van der Waals surface area contributed by atoms with Crippen LogP contribution in [-0.4, -0.2) is 6.71 Å². The molecule has 0 aromatic heterocycles. The maximum atomic E-state index is 2.48. The lowest BCUT2D eigenvalue weighted by Gasteiger charge is -2.31. The lowest BCUT2D eigenvalue weighted by molar-refractivity contribution is 0.229. The Morgan fingerprint density at radius 1 is 1.12 bits per heavy atom. The summed E-state index contributed by atoms with van der Waals surface area (Å²) >= 11 is 0. The highest BCUT2D eigenvalue weighted by Crippen LogP contribution is 2.61. The molecule has 1 aliphatic heterocycles. The molecule has 0 radical (unpaired) electrons. The van der Waals surface area contributed by atoms with Gasteiger partial charge >= 0.3 is 0 Å². The molecule has 16 heavy (non-hydrogen) atoms. The summed E-state index contributed by atoms with van der Waals surface area (Å²) in [5.74, 6) is 4.93. The summed E-state index contributed by atoms with van der Waals surface area (Å²) < 4.78 is 0. The number of hydrogen-bond acceptors (Lipinski definition) is 0. The van der Waals surface area contributed by atoms with E-state index < -0.39 is 0 Å². The molecule has 1 heteroatoms. The summed E-state index contributed by atoms with van der Waals surface area (Å²) in [6.45, 7) is 15.5. The summed E-state index contributed by atoms with van der Waals surface area (Å²) in [4.78, 5) is 0. The van der Waals surface area contributed by atoms with Gasteiger partial charge < -0.3 is 0 Å². The maximum Gasteiger partial charge on any atom is 0.142 e. The number of hydrogen-bond donors (Lipinski definition) is 0. The zero-order valence-electron chi connectivity index (χ0n) is 12.3. The first-order valence-corrected chi connectivity index (χ1v) is 7.58. The van der Waals surface area contributed by atoms with E-state index in [-0.39, 0.29) is 0 Å². The summed E-state index contributed by atoms with van der Waals surface area (Å²) in [5, 5.41) is 0. The minimum Gasteiger partial charge on any atom is -0.0857 e. The smallest absolute Gasteiger partial charge is 0.0857 e. The van der Waals surface area contributed by atoms with Gasteiger partial charge in [0.15, 0.2) is 0 Å². The van der Waals surface area contributed by atoms with Gasteiger partial charge in [0.2, 0.25) is 0 Å². The van der Waals surface area contributed by atoms with Crippen molar-refractivity contribution in [3.8, 4) is 0 Å². The summed E-state index contributed by atoms with van der Waals surface area (Å²) in [7, 11) is 0. The number of rotatable bonds is 7. The van der Waals surface area contributed by atoms with Gasteiger partial charge in [0.1, 0.15) is 6.71 Å². The fourth-order valence-electron chi connectivity index (χ4n) is 4.20. The highest BCUT2D eigenvalue weighted by Gasteiger charge is 2.53. The predicted octanol–water partition coefficient (Wildman–Crippen LogP) is 5.37. The third kappa shape index (κ3) is 2.84. The topological polar surface area (TPSA) is 0 Å². The van der Waals surface area contributed by atoms with Crippen LogP contribution in [0.1, 0.15) is 60.3 Å². The summed E-state index contributed by atoms with van der Waals surface area (Å²) in [6.07, 6.45) is 5.59. The fraction of sp³-hybridized carbons (Fsp3) is 1.00. The molecule has 1 aliphatic rings. The second-order valence-corrected chi connectivity index (χ2v) is 6.29. The first-order chi connectivity index (χ1) is 7.58. The first kappa shape index (κ1) is 14.1. The van der Waals surface area contributed by atoms with Crippen LogP contribution in [0.3, 0.4) is 0 Å². The van der Waals surface area contributed by atoms with Gasteiger partial charge in [0.05, 0.1) is 0 Å². The molecule has 94 valence electrons. The zero-order valence-corrected chi connectivity index (χ0v) is 12.3. The Balaban J connectivity index is 2.67. The molecule has 0 aromatic carbocycles. The molecule has 0 aromatic rings. The van der Waals surface area contributed by atoms with E-state index in [1.807, 2.05) is 0 Å². The van der Waals surface area contributed by atoms with Gasteiger partial charge in [0.25, 0.3) is 0 Å². The van der Waals surface area contributed by atoms with Gasteiger partial charge in [-0.05, 0) is 17.8 Å². The molecule has 4 unspecified atom stereocenters. The van der Waals surface area contributed by atoms with Crippen LogP contribution >= 0.6 is 0 Å². The molecule has 1 fully saturated rings. The second-order valence-electron chi connectivity index (χ2n) is 6.29. The van der Waals surface area contributed by atoms with Crippen LogP contribution in [0, 0.1) is 17.8 Å². The third-order valence-electron chi connectivity index (χ3n) is 5.05. The molecular formula is C15H31B. The van der Waals surface area contributed by atoms with Crippen molar-refractivity contribution in [2.45, 2.75) is 78.8 Å². The van der Waals surface area contributed by atoms with Gasteiger partial charge in [-0.2, -0.15) is 0 Å². The highest BCUT2D eigenvalue weighted by atomic mass is 14.4.